The van der Waals surface area contributed by atoms with Crippen molar-refractivity contribution in [3.05, 3.63) is 72.1 Å². The number of aliphatic hydroxyl groups excluding tert-OH is 1. The maximum absolute atomic E-state index is 12.8. The molecule has 0 fully saturated rings. The van der Waals surface area contributed by atoms with Gasteiger partial charge in [-0.15, -0.1) is 13.2 Å². The molecule has 0 spiro atoms. The zero-order chi connectivity index (χ0) is 25.8. The van der Waals surface area contributed by atoms with Crippen LogP contribution in [0.5, 0.6) is 11.5 Å². The fraction of sp³-hybridized carbons (Fsp3) is 0.182. The van der Waals surface area contributed by atoms with Gasteiger partial charge in [-0.2, -0.15) is 0 Å². The van der Waals surface area contributed by atoms with E-state index in [2.05, 4.69) is 15.0 Å². The van der Waals surface area contributed by atoms with Gasteiger partial charge in [0.25, 0.3) is 5.91 Å². The number of nitrogens with one attached hydrogen (secondary N) is 1. The molecule has 3 rings (SSSR count). The lowest BCUT2D eigenvalue weighted by Gasteiger charge is -2.14. The van der Waals surface area contributed by atoms with Crippen molar-refractivity contribution in [2.24, 2.45) is 0 Å². The standard InChI is InChI=1S/C22H20F3N3O6S/c1-33-14-4-2-13(3-5-14)19(29)12-28-21(30)20-18(26)10-17(11-27-20)35(31,32)16-8-6-15(7-9-16)34-22(23,24)25/h2-11,19,29H,12,26H2,1H3,(H,28,30)/t19-/m0/s1. The normalized spacial score (nSPS) is 12.6. The van der Waals surface area contributed by atoms with Crippen LogP contribution in [0.3, 0.4) is 0 Å². The van der Waals surface area contributed by atoms with Crippen molar-refractivity contribution in [2.75, 3.05) is 19.4 Å². The van der Waals surface area contributed by atoms with Gasteiger partial charge in [-0.25, -0.2) is 13.4 Å². The molecule has 0 aliphatic heterocycles. The molecule has 0 unspecified atom stereocenters. The van der Waals surface area contributed by atoms with E-state index in [1.165, 1.54) is 7.11 Å². The van der Waals surface area contributed by atoms with E-state index < -0.39 is 34.0 Å². The quantitative estimate of drug-likeness (QED) is 0.419. The van der Waals surface area contributed by atoms with Crippen LogP contribution >= 0.6 is 0 Å². The van der Waals surface area contributed by atoms with Gasteiger partial charge >= 0.3 is 6.36 Å². The number of nitrogens with two attached hydrogens (primary N) is 1. The Labute approximate surface area is 198 Å². The monoisotopic (exact) mass is 511 g/mol. The largest absolute Gasteiger partial charge is 0.573 e. The molecule has 1 heterocycles. The van der Waals surface area contributed by atoms with Gasteiger partial charge in [0.05, 0.1) is 28.7 Å². The third kappa shape index (κ3) is 6.39. The molecule has 186 valence electrons. The Morgan fingerprint density at radius 2 is 1.69 bits per heavy atom. The topological polar surface area (TPSA) is 141 Å². The zero-order valence-electron chi connectivity index (χ0n) is 18.1. The second-order valence-corrected chi connectivity index (χ2v) is 9.08. The molecule has 35 heavy (non-hydrogen) atoms. The summed E-state index contributed by atoms with van der Waals surface area (Å²) in [6, 6.07) is 11.2. The number of ether oxygens (including phenoxy) is 2. The minimum absolute atomic E-state index is 0.168. The van der Waals surface area contributed by atoms with E-state index in [1.807, 2.05) is 0 Å². The van der Waals surface area contributed by atoms with Crippen molar-refractivity contribution in [2.45, 2.75) is 22.3 Å². The molecule has 1 aromatic heterocycles. The van der Waals surface area contributed by atoms with Gasteiger partial charge in [-0.3, -0.25) is 4.79 Å². The van der Waals surface area contributed by atoms with E-state index >= 15 is 0 Å². The number of nitrogens with zero attached hydrogens (tertiary/aromatic N) is 1. The first kappa shape index (κ1) is 25.8. The number of hydrogen-bond donors (Lipinski definition) is 3. The number of rotatable bonds is 8. The number of carbonyl (C=O) groups is 1. The number of aromatic nitrogens is 1. The molecule has 0 radical (unpaired) electrons. The summed E-state index contributed by atoms with van der Waals surface area (Å²) >= 11 is 0. The SMILES string of the molecule is COc1ccc([C@@H](O)CNC(=O)c2ncc(S(=O)(=O)c3ccc(OC(F)(F)F)cc3)cc2N)cc1. The summed E-state index contributed by atoms with van der Waals surface area (Å²) in [5.74, 6) is -0.729. The molecule has 0 aliphatic carbocycles. The number of benzene rings is 2. The van der Waals surface area contributed by atoms with Gasteiger partial charge in [0.2, 0.25) is 9.84 Å². The highest BCUT2D eigenvalue weighted by Crippen LogP contribution is 2.27. The molecular formula is C22H20F3N3O6S. The number of nitrogen functional groups attached to an aromatic ring is 1. The highest BCUT2D eigenvalue weighted by Gasteiger charge is 2.31. The van der Waals surface area contributed by atoms with Gasteiger partial charge in [0.15, 0.2) is 5.69 Å². The summed E-state index contributed by atoms with van der Waals surface area (Å²) in [5, 5.41) is 12.7. The van der Waals surface area contributed by atoms with E-state index in [-0.39, 0.29) is 27.7 Å². The zero-order valence-corrected chi connectivity index (χ0v) is 18.9. The first-order valence-corrected chi connectivity index (χ1v) is 11.4. The fourth-order valence-corrected chi connectivity index (χ4v) is 4.21. The van der Waals surface area contributed by atoms with Gasteiger partial charge in [-0.05, 0) is 48.0 Å². The predicted molar refractivity (Wildman–Crippen MR) is 118 cm³/mol. The van der Waals surface area contributed by atoms with Crippen LogP contribution in [0.25, 0.3) is 0 Å². The molecule has 4 N–H and O–H groups in total. The Morgan fingerprint density at radius 3 is 2.23 bits per heavy atom. The Hall–Kier alpha value is -3.84. The maximum Gasteiger partial charge on any atom is 0.573 e. The van der Waals surface area contributed by atoms with Crippen LogP contribution in [0.1, 0.15) is 22.2 Å². The lowest BCUT2D eigenvalue weighted by atomic mass is 10.1. The lowest BCUT2D eigenvalue weighted by Crippen LogP contribution is -2.29. The summed E-state index contributed by atoms with van der Waals surface area (Å²) in [5.41, 5.74) is 5.84. The number of sulfone groups is 1. The molecule has 9 nitrogen and oxygen atoms in total. The minimum Gasteiger partial charge on any atom is -0.497 e. The molecule has 0 bridgehead atoms. The number of methoxy groups -OCH3 is 1. The van der Waals surface area contributed by atoms with E-state index in [0.717, 1.165) is 36.5 Å². The molecular weight excluding hydrogens is 491 g/mol. The van der Waals surface area contributed by atoms with Crippen molar-refractivity contribution >= 4 is 21.4 Å². The number of hydrogen-bond acceptors (Lipinski definition) is 8. The summed E-state index contributed by atoms with van der Waals surface area (Å²) in [7, 11) is -2.69. The third-order valence-electron chi connectivity index (χ3n) is 4.74. The fourth-order valence-electron chi connectivity index (χ4n) is 2.97. The van der Waals surface area contributed by atoms with Crippen LogP contribution in [0.4, 0.5) is 18.9 Å². The first-order chi connectivity index (χ1) is 16.4. The number of anilines is 1. The summed E-state index contributed by atoms with van der Waals surface area (Å²) < 4.78 is 71.2. The van der Waals surface area contributed by atoms with Crippen LogP contribution < -0.4 is 20.5 Å². The molecule has 3 aromatic rings. The molecule has 1 atom stereocenters. The van der Waals surface area contributed by atoms with Crippen LogP contribution in [0.15, 0.2) is 70.6 Å². The number of amides is 1. The predicted octanol–water partition coefficient (Wildman–Crippen LogP) is 2.87. The van der Waals surface area contributed by atoms with E-state index in [4.69, 9.17) is 10.5 Å². The van der Waals surface area contributed by atoms with Crippen molar-refractivity contribution in [3.63, 3.8) is 0 Å². The molecule has 0 saturated heterocycles. The van der Waals surface area contributed by atoms with Crippen LogP contribution in [-0.2, 0) is 9.84 Å². The van der Waals surface area contributed by atoms with Crippen molar-refractivity contribution < 1.29 is 41.0 Å². The number of alkyl halides is 3. The van der Waals surface area contributed by atoms with Crippen LogP contribution in [-0.4, -0.2) is 44.4 Å². The Kier molecular flexibility index (Phi) is 7.51. The molecule has 0 aliphatic rings. The Bertz CT molecular complexity index is 1300. The van der Waals surface area contributed by atoms with Gasteiger partial charge < -0.3 is 25.6 Å². The van der Waals surface area contributed by atoms with Crippen molar-refractivity contribution in [1.29, 1.82) is 0 Å². The Morgan fingerprint density at radius 1 is 1.09 bits per heavy atom. The van der Waals surface area contributed by atoms with Gasteiger partial charge in [-0.1, -0.05) is 12.1 Å². The van der Waals surface area contributed by atoms with Crippen molar-refractivity contribution in [1.82, 2.24) is 10.3 Å². The number of carbonyl (C=O) groups excluding carboxylic acids is 1. The van der Waals surface area contributed by atoms with Crippen LogP contribution in [0.2, 0.25) is 0 Å². The number of aliphatic hydroxyl groups is 1. The van der Waals surface area contributed by atoms with E-state index in [9.17, 15) is 31.5 Å². The smallest absolute Gasteiger partial charge is 0.497 e. The summed E-state index contributed by atoms with van der Waals surface area (Å²) in [6.45, 7) is -0.168. The third-order valence-corrected chi connectivity index (χ3v) is 6.48. The molecule has 1 amide bonds. The first-order valence-electron chi connectivity index (χ1n) is 9.87. The maximum atomic E-state index is 12.8. The highest BCUT2D eigenvalue weighted by molar-refractivity contribution is 7.91. The number of halogens is 3. The van der Waals surface area contributed by atoms with E-state index in [0.29, 0.717) is 11.3 Å². The van der Waals surface area contributed by atoms with Crippen molar-refractivity contribution in [3.8, 4) is 11.5 Å². The minimum atomic E-state index is -4.92. The van der Waals surface area contributed by atoms with Gasteiger partial charge in [0, 0.05) is 12.7 Å². The molecule has 13 heteroatoms. The summed E-state index contributed by atoms with van der Waals surface area (Å²) in [4.78, 5) is 15.6. The average molecular weight is 511 g/mol. The average Bonchev–Trinajstić information content (AvgIpc) is 2.81. The lowest BCUT2D eigenvalue weighted by molar-refractivity contribution is -0.274. The Balaban J connectivity index is 1.70. The van der Waals surface area contributed by atoms with Crippen LogP contribution in [0, 0.1) is 0 Å². The summed E-state index contributed by atoms with van der Waals surface area (Å²) in [6.07, 6.45) is -5.05. The molecule has 2 aromatic carbocycles. The second-order valence-electron chi connectivity index (χ2n) is 7.13. The second kappa shape index (κ2) is 10.2. The molecule has 0 saturated carbocycles. The highest BCUT2D eigenvalue weighted by atomic mass is 32.2. The number of pyridine rings is 1. The van der Waals surface area contributed by atoms with E-state index in [1.54, 1.807) is 24.3 Å². The van der Waals surface area contributed by atoms with Gasteiger partial charge in [0.1, 0.15) is 11.5 Å².